The van der Waals surface area contributed by atoms with Crippen LogP contribution in [-0.4, -0.2) is 12.6 Å². The third kappa shape index (κ3) is 3.44. The Hall–Kier alpha value is -1.08. The molecule has 1 aromatic carbocycles. The quantitative estimate of drug-likeness (QED) is 0.772. The summed E-state index contributed by atoms with van der Waals surface area (Å²) >= 11 is 3.37. The Morgan fingerprint density at radius 2 is 2.18 bits per heavy atom. The summed E-state index contributed by atoms with van der Waals surface area (Å²) in [5, 5.41) is 9.27. The first-order chi connectivity index (χ1) is 8.11. The number of nitriles is 1. The van der Waals surface area contributed by atoms with Crippen LogP contribution in [-0.2, 0) is 5.33 Å². The van der Waals surface area contributed by atoms with Gasteiger partial charge in [-0.25, -0.2) is 4.39 Å². The number of halogens is 2. The number of rotatable bonds is 5. The minimum absolute atomic E-state index is 0.165. The Morgan fingerprint density at radius 3 is 2.71 bits per heavy atom. The third-order valence-corrected chi connectivity index (χ3v) is 3.19. The summed E-state index contributed by atoms with van der Waals surface area (Å²) in [6, 6.07) is 7.33. The molecule has 0 atom stereocenters. The van der Waals surface area contributed by atoms with Crippen molar-refractivity contribution in [2.75, 3.05) is 11.4 Å². The van der Waals surface area contributed by atoms with Crippen molar-refractivity contribution in [3.05, 3.63) is 29.6 Å². The average Bonchev–Trinajstić information content (AvgIpc) is 2.30. The second kappa shape index (κ2) is 6.61. The van der Waals surface area contributed by atoms with E-state index in [0.29, 0.717) is 24.0 Å². The monoisotopic (exact) mass is 298 g/mol. The Balaban J connectivity index is 3.13. The number of hydrogen-bond donors (Lipinski definition) is 0. The molecule has 0 aliphatic carbocycles. The highest BCUT2D eigenvalue weighted by Gasteiger charge is 2.17. The summed E-state index contributed by atoms with van der Waals surface area (Å²) in [5.41, 5.74) is 1.52. The van der Waals surface area contributed by atoms with Crippen molar-refractivity contribution in [2.45, 2.75) is 31.6 Å². The van der Waals surface area contributed by atoms with Crippen molar-refractivity contribution in [2.24, 2.45) is 0 Å². The van der Waals surface area contributed by atoms with Gasteiger partial charge in [0.2, 0.25) is 0 Å². The maximum absolute atomic E-state index is 13.9. The van der Waals surface area contributed by atoms with Gasteiger partial charge in [-0.15, -0.1) is 0 Å². The average molecular weight is 299 g/mol. The largest absolute Gasteiger partial charge is 0.365 e. The minimum atomic E-state index is -0.228. The van der Waals surface area contributed by atoms with Crippen LogP contribution in [0.15, 0.2) is 18.2 Å². The van der Waals surface area contributed by atoms with Gasteiger partial charge in [0.05, 0.1) is 18.2 Å². The summed E-state index contributed by atoms with van der Waals surface area (Å²) in [6.45, 7) is 4.55. The van der Waals surface area contributed by atoms with Gasteiger partial charge in [-0.05, 0) is 25.5 Å². The molecule has 0 aliphatic heterocycles. The van der Waals surface area contributed by atoms with Gasteiger partial charge in [0.25, 0.3) is 0 Å². The van der Waals surface area contributed by atoms with Crippen LogP contribution in [0.4, 0.5) is 10.1 Å². The molecule has 0 spiro atoms. The summed E-state index contributed by atoms with van der Waals surface area (Å²) in [5.74, 6) is -0.228. The molecule has 1 rings (SSSR count). The highest BCUT2D eigenvalue weighted by molar-refractivity contribution is 9.08. The second-order valence-electron chi connectivity index (χ2n) is 4.08. The number of benzene rings is 1. The van der Waals surface area contributed by atoms with Gasteiger partial charge in [-0.2, -0.15) is 5.26 Å². The second-order valence-corrected chi connectivity index (χ2v) is 4.64. The summed E-state index contributed by atoms with van der Waals surface area (Å²) in [6.07, 6.45) is 0.397. The molecular weight excluding hydrogens is 283 g/mol. The lowest BCUT2D eigenvalue weighted by Gasteiger charge is -2.30. The van der Waals surface area contributed by atoms with E-state index in [9.17, 15) is 4.39 Å². The van der Waals surface area contributed by atoms with E-state index in [2.05, 4.69) is 22.0 Å². The molecule has 0 aliphatic rings. The maximum atomic E-state index is 13.9. The van der Waals surface area contributed by atoms with E-state index in [-0.39, 0.29) is 11.9 Å². The molecule has 0 N–H and O–H groups in total. The summed E-state index contributed by atoms with van der Waals surface area (Å²) < 4.78 is 13.9. The molecule has 0 radical (unpaired) electrons. The van der Waals surface area contributed by atoms with Crippen molar-refractivity contribution < 1.29 is 4.39 Å². The highest BCUT2D eigenvalue weighted by Crippen LogP contribution is 2.28. The van der Waals surface area contributed by atoms with Gasteiger partial charge in [-0.1, -0.05) is 28.1 Å². The molecular formula is C13H16BrFN2. The maximum Gasteiger partial charge on any atom is 0.146 e. The van der Waals surface area contributed by atoms with E-state index in [0.717, 1.165) is 5.56 Å². The van der Waals surface area contributed by atoms with Gasteiger partial charge in [-0.3, -0.25) is 0 Å². The zero-order valence-corrected chi connectivity index (χ0v) is 11.7. The first-order valence-electron chi connectivity index (χ1n) is 5.58. The molecule has 0 heterocycles. The Morgan fingerprint density at radius 1 is 1.47 bits per heavy atom. The standard InChI is InChI=1S/C13H16BrFN2/c1-10(2)17(8-4-7-16)13-11(9-14)5-3-6-12(13)15/h3,5-6,10H,4,8-9H2,1-2H3. The van der Waals surface area contributed by atoms with E-state index in [4.69, 9.17) is 5.26 Å². The molecule has 0 fully saturated rings. The number of anilines is 1. The predicted octanol–water partition coefficient (Wildman–Crippen LogP) is 3.85. The van der Waals surface area contributed by atoms with E-state index in [1.54, 1.807) is 6.07 Å². The van der Waals surface area contributed by atoms with Gasteiger partial charge in [0.1, 0.15) is 5.82 Å². The Bertz CT molecular complexity index is 412. The molecule has 0 saturated heterocycles. The van der Waals surface area contributed by atoms with Crippen molar-refractivity contribution in [3.63, 3.8) is 0 Å². The topological polar surface area (TPSA) is 27.0 Å². The molecule has 0 bridgehead atoms. The lowest BCUT2D eigenvalue weighted by molar-refractivity contribution is 0.598. The fraction of sp³-hybridized carbons (Fsp3) is 0.462. The van der Waals surface area contributed by atoms with Crippen LogP contribution in [0.25, 0.3) is 0 Å². The lowest BCUT2D eigenvalue weighted by atomic mass is 10.1. The van der Waals surface area contributed by atoms with Gasteiger partial charge in [0.15, 0.2) is 0 Å². The molecule has 0 amide bonds. The molecule has 4 heteroatoms. The number of nitrogens with zero attached hydrogens (tertiary/aromatic N) is 2. The zero-order valence-electron chi connectivity index (χ0n) is 10.1. The van der Waals surface area contributed by atoms with Crippen LogP contribution < -0.4 is 4.90 Å². The fourth-order valence-corrected chi connectivity index (χ4v) is 2.24. The van der Waals surface area contributed by atoms with Crippen molar-refractivity contribution in [1.29, 1.82) is 5.26 Å². The summed E-state index contributed by atoms with van der Waals surface area (Å²) in [4.78, 5) is 1.94. The molecule has 0 saturated carbocycles. The van der Waals surface area contributed by atoms with Crippen LogP contribution >= 0.6 is 15.9 Å². The molecule has 1 aromatic rings. The van der Waals surface area contributed by atoms with Crippen LogP contribution in [0.3, 0.4) is 0 Å². The number of hydrogen-bond acceptors (Lipinski definition) is 2. The first-order valence-corrected chi connectivity index (χ1v) is 6.71. The highest BCUT2D eigenvalue weighted by atomic mass is 79.9. The Kier molecular flexibility index (Phi) is 5.43. The van der Waals surface area contributed by atoms with Gasteiger partial charge < -0.3 is 4.90 Å². The predicted molar refractivity (Wildman–Crippen MR) is 71.7 cm³/mol. The van der Waals surface area contributed by atoms with Crippen LogP contribution in [0, 0.1) is 17.1 Å². The van der Waals surface area contributed by atoms with E-state index in [1.165, 1.54) is 6.07 Å². The van der Waals surface area contributed by atoms with Crippen LogP contribution in [0.2, 0.25) is 0 Å². The summed E-state index contributed by atoms with van der Waals surface area (Å²) in [7, 11) is 0. The Labute approximate surface area is 110 Å². The van der Waals surface area contributed by atoms with E-state index >= 15 is 0 Å². The molecule has 92 valence electrons. The fourth-order valence-electron chi connectivity index (χ4n) is 1.79. The van der Waals surface area contributed by atoms with Gasteiger partial charge >= 0.3 is 0 Å². The SMILES string of the molecule is CC(C)N(CCC#N)c1c(F)cccc1CBr. The molecule has 0 aromatic heterocycles. The van der Waals surface area contributed by atoms with Crippen molar-refractivity contribution >= 4 is 21.6 Å². The number of alkyl halides is 1. The van der Waals surface area contributed by atoms with E-state index < -0.39 is 0 Å². The molecule has 17 heavy (non-hydrogen) atoms. The normalized spacial score (nSPS) is 10.4. The zero-order chi connectivity index (χ0) is 12.8. The van der Waals surface area contributed by atoms with Gasteiger partial charge in [0, 0.05) is 17.9 Å². The minimum Gasteiger partial charge on any atom is -0.365 e. The third-order valence-electron chi connectivity index (χ3n) is 2.59. The smallest absolute Gasteiger partial charge is 0.146 e. The van der Waals surface area contributed by atoms with Crippen LogP contribution in [0.5, 0.6) is 0 Å². The number of para-hydroxylation sites is 1. The first kappa shape index (κ1) is 14.0. The van der Waals surface area contributed by atoms with Crippen molar-refractivity contribution in [3.8, 4) is 6.07 Å². The lowest BCUT2D eigenvalue weighted by Crippen LogP contribution is -2.33. The molecule has 2 nitrogen and oxygen atoms in total. The van der Waals surface area contributed by atoms with Crippen molar-refractivity contribution in [1.82, 2.24) is 0 Å². The molecule has 0 unspecified atom stereocenters. The van der Waals surface area contributed by atoms with Crippen LogP contribution in [0.1, 0.15) is 25.8 Å². The van der Waals surface area contributed by atoms with E-state index in [1.807, 2.05) is 24.8 Å².